The van der Waals surface area contributed by atoms with Gasteiger partial charge in [-0.3, -0.25) is 0 Å². The molecule has 0 aromatic heterocycles. The van der Waals surface area contributed by atoms with Gasteiger partial charge in [0, 0.05) is 5.75 Å². The van der Waals surface area contributed by atoms with Gasteiger partial charge in [-0.2, -0.15) is 0 Å². The third kappa shape index (κ3) is 2.49. The number of carboxylic acids is 1. The van der Waals surface area contributed by atoms with Crippen LogP contribution in [0.1, 0.15) is 27.5 Å². The van der Waals surface area contributed by atoms with E-state index in [-0.39, 0.29) is 11.0 Å². The summed E-state index contributed by atoms with van der Waals surface area (Å²) >= 11 is 1.40. The zero-order valence-corrected chi connectivity index (χ0v) is 11.6. The molecule has 1 aliphatic carbocycles. The average molecular weight is 281 g/mol. The summed E-state index contributed by atoms with van der Waals surface area (Å²) in [7, 11) is 0. The molecule has 3 heteroatoms. The number of hydrogen-bond acceptors (Lipinski definition) is 3. The van der Waals surface area contributed by atoms with E-state index < -0.39 is 5.97 Å². The largest absolute Gasteiger partial charge is 0.549 e. The van der Waals surface area contributed by atoms with Crippen molar-refractivity contribution in [3.05, 3.63) is 70.8 Å². The highest BCUT2D eigenvalue weighted by atomic mass is 32.2. The van der Waals surface area contributed by atoms with Gasteiger partial charge < -0.3 is 9.90 Å². The number of aliphatic carboxylic acids is 1. The number of benzene rings is 2. The fourth-order valence-electron chi connectivity index (χ4n) is 2.48. The van der Waals surface area contributed by atoms with E-state index in [1.807, 2.05) is 24.3 Å². The fraction of sp³-hybridized carbons (Fsp3) is 0.118. The number of carbonyl (C=O) groups is 1. The first-order valence-corrected chi connectivity index (χ1v) is 7.48. The Morgan fingerprint density at radius 1 is 0.950 bits per heavy atom. The molecule has 2 aromatic carbocycles. The number of rotatable bonds is 3. The molecule has 20 heavy (non-hydrogen) atoms. The summed E-state index contributed by atoms with van der Waals surface area (Å²) in [6.07, 6.45) is 4.18. The molecule has 0 spiro atoms. The van der Waals surface area contributed by atoms with E-state index in [1.165, 1.54) is 11.8 Å². The number of hydrogen-bond donors (Lipinski definition) is 0. The summed E-state index contributed by atoms with van der Waals surface area (Å²) in [5.74, 6) is -1.03. The average Bonchev–Trinajstić information content (AvgIpc) is 2.62. The molecule has 0 saturated carbocycles. The van der Waals surface area contributed by atoms with Gasteiger partial charge in [0.25, 0.3) is 0 Å². The first-order valence-electron chi connectivity index (χ1n) is 6.43. The first-order chi connectivity index (χ1) is 9.75. The second-order valence-electron chi connectivity index (χ2n) is 4.65. The Bertz CT molecular complexity index is 627. The van der Waals surface area contributed by atoms with Gasteiger partial charge in [0.1, 0.15) is 0 Å². The van der Waals surface area contributed by atoms with E-state index in [1.54, 1.807) is 0 Å². The van der Waals surface area contributed by atoms with E-state index in [0.717, 1.165) is 22.3 Å². The van der Waals surface area contributed by atoms with Crippen molar-refractivity contribution < 1.29 is 9.90 Å². The van der Waals surface area contributed by atoms with Crippen LogP contribution in [0.15, 0.2) is 48.5 Å². The van der Waals surface area contributed by atoms with Crippen LogP contribution in [0.5, 0.6) is 0 Å². The normalized spacial score (nSPS) is 13.4. The van der Waals surface area contributed by atoms with Crippen LogP contribution in [0.2, 0.25) is 0 Å². The Hall–Kier alpha value is -2.00. The molecule has 0 bridgehead atoms. The third-order valence-electron chi connectivity index (χ3n) is 3.37. The number of carbonyl (C=O) groups excluding carboxylic acids is 1. The third-order valence-corrected chi connectivity index (χ3v) is 4.61. The number of fused-ring (bicyclic) bond motifs is 2. The van der Waals surface area contributed by atoms with Gasteiger partial charge in [-0.05, 0) is 22.3 Å². The second-order valence-corrected chi connectivity index (χ2v) is 5.75. The summed E-state index contributed by atoms with van der Waals surface area (Å²) in [5, 5.41) is 10.8. The maximum absolute atomic E-state index is 10.8. The fourth-order valence-corrected chi connectivity index (χ4v) is 3.57. The van der Waals surface area contributed by atoms with Gasteiger partial charge in [-0.15, -0.1) is 11.8 Å². The van der Waals surface area contributed by atoms with Crippen LogP contribution < -0.4 is 5.11 Å². The minimum atomic E-state index is -1.03. The predicted molar refractivity (Wildman–Crippen MR) is 81.1 cm³/mol. The molecule has 0 N–H and O–H groups in total. The lowest BCUT2D eigenvalue weighted by molar-refractivity contribution is -0.301. The van der Waals surface area contributed by atoms with Crippen molar-refractivity contribution in [1.29, 1.82) is 0 Å². The van der Waals surface area contributed by atoms with E-state index in [0.29, 0.717) is 0 Å². The van der Waals surface area contributed by atoms with Crippen LogP contribution >= 0.6 is 11.8 Å². The zero-order valence-electron chi connectivity index (χ0n) is 10.8. The molecule has 0 radical (unpaired) electrons. The van der Waals surface area contributed by atoms with Gasteiger partial charge in [-0.25, -0.2) is 0 Å². The molecule has 2 nitrogen and oxygen atoms in total. The highest BCUT2D eigenvalue weighted by molar-refractivity contribution is 8.00. The van der Waals surface area contributed by atoms with E-state index in [4.69, 9.17) is 0 Å². The molecule has 0 fully saturated rings. The number of carboxylic acid groups (broad SMARTS) is 1. The lowest BCUT2D eigenvalue weighted by Gasteiger charge is -2.20. The highest BCUT2D eigenvalue weighted by Gasteiger charge is 2.21. The van der Waals surface area contributed by atoms with Crippen LogP contribution in [0.3, 0.4) is 0 Å². The lowest BCUT2D eigenvalue weighted by atomic mass is 9.99. The van der Waals surface area contributed by atoms with Crippen molar-refractivity contribution in [3.8, 4) is 0 Å². The van der Waals surface area contributed by atoms with Gasteiger partial charge >= 0.3 is 0 Å². The Morgan fingerprint density at radius 3 is 1.95 bits per heavy atom. The summed E-state index contributed by atoms with van der Waals surface area (Å²) in [6.45, 7) is 0. The highest BCUT2D eigenvalue weighted by Crippen LogP contribution is 2.41. The van der Waals surface area contributed by atoms with Crippen LogP contribution in [0, 0.1) is 0 Å². The summed E-state index contributed by atoms with van der Waals surface area (Å²) in [5.41, 5.74) is 4.58. The Labute approximate surface area is 122 Å². The van der Waals surface area contributed by atoms with Crippen LogP contribution in [-0.4, -0.2) is 11.7 Å². The molecule has 0 aliphatic heterocycles. The second kappa shape index (κ2) is 5.55. The standard InChI is InChI=1S/C17H14O2S/c18-16(19)11-20-17-14-7-3-1-5-12(14)9-10-13-6-2-4-8-15(13)17/h1-10,17H,11H2,(H,18,19)/p-1. The molecule has 0 atom stereocenters. The molecule has 100 valence electrons. The smallest absolute Gasteiger partial charge is 0.0562 e. The quantitative estimate of drug-likeness (QED) is 0.868. The van der Waals surface area contributed by atoms with E-state index in [2.05, 4.69) is 36.4 Å². The zero-order chi connectivity index (χ0) is 13.9. The Balaban J connectivity index is 2.10. The Kier molecular flexibility index (Phi) is 3.61. The first kappa shape index (κ1) is 13.0. The number of thioether (sulfide) groups is 1. The van der Waals surface area contributed by atoms with Gasteiger partial charge in [0.2, 0.25) is 0 Å². The molecule has 0 unspecified atom stereocenters. The van der Waals surface area contributed by atoms with Crippen LogP contribution in [0.4, 0.5) is 0 Å². The van der Waals surface area contributed by atoms with E-state index >= 15 is 0 Å². The molecular weight excluding hydrogens is 268 g/mol. The topological polar surface area (TPSA) is 40.1 Å². The van der Waals surface area contributed by atoms with E-state index in [9.17, 15) is 9.90 Å². The predicted octanol–water partition coefficient (Wildman–Crippen LogP) is 2.74. The van der Waals surface area contributed by atoms with Crippen molar-refractivity contribution in [3.63, 3.8) is 0 Å². The SMILES string of the molecule is O=C([O-])CSC1c2ccccc2C=Cc2ccccc21. The Morgan fingerprint density at radius 2 is 1.45 bits per heavy atom. The van der Waals surface area contributed by atoms with Gasteiger partial charge in [0.15, 0.2) is 0 Å². The van der Waals surface area contributed by atoms with Crippen molar-refractivity contribution in [2.45, 2.75) is 5.25 Å². The minimum absolute atomic E-state index is 0.00661. The van der Waals surface area contributed by atoms with Crippen LogP contribution in [-0.2, 0) is 4.79 Å². The maximum atomic E-state index is 10.8. The molecule has 1 aliphatic rings. The molecule has 2 aromatic rings. The van der Waals surface area contributed by atoms with Crippen molar-refractivity contribution in [2.75, 3.05) is 5.75 Å². The lowest BCUT2D eigenvalue weighted by Crippen LogP contribution is -2.25. The summed E-state index contributed by atoms with van der Waals surface area (Å²) in [6, 6.07) is 16.2. The molecule has 0 saturated heterocycles. The molecular formula is C17H13O2S-. The molecule has 0 heterocycles. The monoisotopic (exact) mass is 281 g/mol. The van der Waals surface area contributed by atoms with Crippen molar-refractivity contribution in [2.24, 2.45) is 0 Å². The summed E-state index contributed by atoms with van der Waals surface area (Å²) in [4.78, 5) is 10.8. The van der Waals surface area contributed by atoms with Crippen LogP contribution in [0.25, 0.3) is 12.2 Å². The summed E-state index contributed by atoms with van der Waals surface area (Å²) < 4.78 is 0. The van der Waals surface area contributed by atoms with Crippen molar-refractivity contribution in [1.82, 2.24) is 0 Å². The molecule has 0 amide bonds. The van der Waals surface area contributed by atoms with Gasteiger partial charge in [-0.1, -0.05) is 60.7 Å². The maximum Gasteiger partial charge on any atom is 0.0562 e. The van der Waals surface area contributed by atoms with Crippen molar-refractivity contribution >= 4 is 29.9 Å². The molecule has 3 rings (SSSR count). The van der Waals surface area contributed by atoms with Gasteiger partial charge in [0.05, 0.1) is 11.2 Å². The minimum Gasteiger partial charge on any atom is -0.549 e.